The largest absolute Gasteiger partial charge is 0.494 e. The number of hydrogen-bond donors (Lipinski definition) is 1. The number of nitrogens with zero attached hydrogens (tertiary/aromatic N) is 2. The quantitative estimate of drug-likeness (QED) is 0.841. The highest BCUT2D eigenvalue weighted by Crippen LogP contribution is 2.13. The predicted octanol–water partition coefficient (Wildman–Crippen LogP) is 0.764. The van der Waals surface area contributed by atoms with Crippen LogP contribution in [0.25, 0.3) is 0 Å². The third-order valence-corrected chi connectivity index (χ3v) is 3.73. The van der Waals surface area contributed by atoms with Gasteiger partial charge in [-0.1, -0.05) is 12.1 Å². The molecule has 1 fully saturated rings. The number of ether oxygens (including phenoxy) is 1. The number of benzene rings is 1. The van der Waals surface area contributed by atoms with Crippen molar-refractivity contribution in [1.82, 2.24) is 9.80 Å². The Morgan fingerprint density at radius 2 is 1.86 bits per heavy atom. The summed E-state index contributed by atoms with van der Waals surface area (Å²) < 4.78 is 5.40. The third kappa shape index (κ3) is 4.72. The van der Waals surface area contributed by atoms with Crippen molar-refractivity contribution in [3.05, 3.63) is 29.8 Å². The zero-order valence-corrected chi connectivity index (χ0v) is 12.6. The molecule has 1 heterocycles. The summed E-state index contributed by atoms with van der Waals surface area (Å²) in [4.78, 5) is 16.4. The lowest BCUT2D eigenvalue weighted by Gasteiger charge is -2.34. The number of carbonyl (C=O) groups is 1. The zero-order valence-electron chi connectivity index (χ0n) is 12.6. The molecule has 1 N–H and O–H groups in total. The lowest BCUT2D eigenvalue weighted by molar-refractivity contribution is -0.132. The summed E-state index contributed by atoms with van der Waals surface area (Å²) in [6.07, 6.45) is 0.437. The minimum atomic E-state index is 0.169. The molecule has 0 aromatic heterocycles. The highest BCUT2D eigenvalue weighted by Gasteiger charge is 2.20. The van der Waals surface area contributed by atoms with Gasteiger partial charge in [-0.15, -0.1) is 0 Å². The molecule has 21 heavy (non-hydrogen) atoms. The molecule has 0 spiro atoms. The highest BCUT2D eigenvalue weighted by molar-refractivity contribution is 5.78. The van der Waals surface area contributed by atoms with Crippen molar-refractivity contribution in [3.8, 4) is 5.75 Å². The number of β-amino-alcohol motifs (C(OH)–C–C–N with tert-alkyl or cyclic N) is 1. The van der Waals surface area contributed by atoms with E-state index < -0.39 is 0 Å². The number of aliphatic hydroxyl groups is 1. The predicted molar refractivity (Wildman–Crippen MR) is 81.4 cm³/mol. The lowest BCUT2D eigenvalue weighted by Crippen LogP contribution is -2.49. The molecule has 1 aromatic rings. The Balaban J connectivity index is 1.81. The number of piperazine rings is 1. The van der Waals surface area contributed by atoms with Crippen LogP contribution in [0, 0.1) is 0 Å². The third-order valence-electron chi connectivity index (χ3n) is 3.73. The smallest absolute Gasteiger partial charge is 0.227 e. The van der Waals surface area contributed by atoms with Crippen molar-refractivity contribution in [2.24, 2.45) is 0 Å². The summed E-state index contributed by atoms with van der Waals surface area (Å²) in [5, 5.41) is 8.92. The van der Waals surface area contributed by atoms with Crippen molar-refractivity contribution < 1.29 is 14.6 Å². The van der Waals surface area contributed by atoms with Gasteiger partial charge < -0.3 is 14.7 Å². The minimum absolute atomic E-state index is 0.169. The number of amides is 1. The van der Waals surface area contributed by atoms with E-state index >= 15 is 0 Å². The molecule has 0 bridgehead atoms. The first kappa shape index (κ1) is 15.8. The normalized spacial score (nSPS) is 16.0. The summed E-state index contributed by atoms with van der Waals surface area (Å²) >= 11 is 0. The van der Waals surface area contributed by atoms with Gasteiger partial charge in [-0.05, 0) is 24.6 Å². The van der Waals surface area contributed by atoms with Crippen LogP contribution in [0.5, 0.6) is 5.75 Å². The second-order valence-electron chi connectivity index (χ2n) is 5.20. The molecule has 116 valence electrons. The molecule has 1 aliphatic heterocycles. The van der Waals surface area contributed by atoms with Crippen molar-refractivity contribution in [1.29, 1.82) is 0 Å². The lowest BCUT2D eigenvalue weighted by atomic mass is 10.1. The van der Waals surface area contributed by atoms with Gasteiger partial charge in [-0.3, -0.25) is 9.69 Å². The number of rotatable bonds is 6. The van der Waals surface area contributed by atoms with Crippen LogP contribution in [-0.2, 0) is 11.2 Å². The number of hydrogen-bond acceptors (Lipinski definition) is 4. The summed E-state index contributed by atoms with van der Waals surface area (Å²) in [5.41, 5.74) is 1.02. The van der Waals surface area contributed by atoms with Crippen molar-refractivity contribution in [3.63, 3.8) is 0 Å². The molecule has 1 saturated heterocycles. The van der Waals surface area contributed by atoms with E-state index in [4.69, 9.17) is 9.84 Å². The average molecular weight is 292 g/mol. The van der Waals surface area contributed by atoms with Crippen LogP contribution < -0.4 is 4.74 Å². The SMILES string of the molecule is CCOc1ccc(CC(=O)N2CCN(CCO)CC2)cc1. The summed E-state index contributed by atoms with van der Waals surface area (Å²) in [7, 11) is 0. The van der Waals surface area contributed by atoms with Gasteiger partial charge in [0.15, 0.2) is 0 Å². The maximum absolute atomic E-state index is 12.3. The van der Waals surface area contributed by atoms with Gasteiger partial charge in [0, 0.05) is 32.7 Å². The highest BCUT2D eigenvalue weighted by atomic mass is 16.5. The molecule has 0 radical (unpaired) electrons. The molecule has 1 amide bonds. The molecular weight excluding hydrogens is 268 g/mol. The van der Waals surface area contributed by atoms with Crippen LogP contribution in [0.2, 0.25) is 0 Å². The first-order valence-electron chi connectivity index (χ1n) is 7.55. The molecule has 0 atom stereocenters. The van der Waals surface area contributed by atoms with Crippen molar-refractivity contribution >= 4 is 5.91 Å². The average Bonchev–Trinajstić information content (AvgIpc) is 2.50. The van der Waals surface area contributed by atoms with Crippen molar-refractivity contribution in [2.75, 3.05) is 45.9 Å². The summed E-state index contributed by atoms with van der Waals surface area (Å²) in [5.74, 6) is 1.01. The fraction of sp³-hybridized carbons (Fsp3) is 0.562. The zero-order chi connectivity index (χ0) is 15.1. The van der Waals surface area contributed by atoms with Crippen LogP contribution >= 0.6 is 0 Å². The second-order valence-corrected chi connectivity index (χ2v) is 5.20. The van der Waals surface area contributed by atoms with Crippen LogP contribution in [0.1, 0.15) is 12.5 Å². The Morgan fingerprint density at radius 3 is 2.43 bits per heavy atom. The van der Waals surface area contributed by atoms with E-state index in [2.05, 4.69) is 4.90 Å². The fourth-order valence-corrected chi connectivity index (χ4v) is 2.52. The van der Waals surface area contributed by atoms with Gasteiger partial charge in [0.1, 0.15) is 5.75 Å². The van der Waals surface area contributed by atoms with E-state index in [1.807, 2.05) is 36.1 Å². The standard InChI is InChI=1S/C16H24N2O3/c1-2-21-15-5-3-14(4-6-15)13-16(20)18-9-7-17(8-10-18)11-12-19/h3-6,19H,2,7-13H2,1H3. The van der Waals surface area contributed by atoms with Crippen LogP contribution in [0.4, 0.5) is 0 Å². The maximum atomic E-state index is 12.3. The summed E-state index contributed by atoms with van der Waals surface area (Å²) in [6, 6.07) is 7.71. The number of carbonyl (C=O) groups excluding carboxylic acids is 1. The van der Waals surface area contributed by atoms with E-state index in [1.54, 1.807) is 0 Å². The Hall–Kier alpha value is -1.59. The topological polar surface area (TPSA) is 53.0 Å². The van der Waals surface area contributed by atoms with Gasteiger partial charge in [-0.25, -0.2) is 0 Å². The molecule has 0 saturated carbocycles. The Bertz CT molecular complexity index is 439. The molecule has 1 aliphatic rings. The monoisotopic (exact) mass is 292 g/mol. The van der Waals surface area contributed by atoms with E-state index in [0.717, 1.165) is 37.5 Å². The number of aliphatic hydroxyl groups excluding tert-OH is 1. The molecule has 1 aromatic carbocycles. The Morgan fingerprint density at radius 1 is 1.19 bits per heavy atom. The van der Waals surface area contributed by atoms with Gasteiger partial charge in [0.25, 0.3) is 0 Å². The van der Waals surface area contributed by atoms with E-state index in [1.165, 1.54) is 0 Å². The van der Waals surface area contributed by atoms with E-state index in [9.17, 15) is 4.79 Å². The van der Waals surface area contributed by atoms with E-state index in [0.29, 0.717) is 19.6 Å². The minimum Gasteiger partial charge on any atom is -0.494 e. The molecule has 0 aliphatic carbocycles. The first-order valence-corrected chi connectivity index (χ1v) is 7.55. The second kappa shape index (κ2) is 8.00. The van der Waals surface area contributed by atoms with Crippen LogP contribution in [-0.4, -0.2) is 66.8 Å². The fourth-order valence-electron chi connectivity index (χ4n) is 2.52. The summed E-state index contributed by atoms with van der Waals surface area (Å²) in [6.45, 7) is 6.65. The molecule has 0 unspecified atom stereocenters. The maximum Gasteiger partial charge on any atom is 0.227 e. The molecule has 2 rings (SSSR count). The Kier molecular flexibility index (Phi) is 6.02. The van der Waals surface area contributed by atoms with Gasteiger partial charge in [-0.2, -0.15) is 0 Å². The molecule has 5 heteroatoms. The van der Waals surface area contributed by atoms with Gasteiger partial charge in [0.2, 0.25) is 5.91 Å². The van der Waals surface area contributed by atoms with Gasteiger partial charge in [0.05, 0.1) is 19.6 Å². The molecular formula is C16H24N2O3. The van der Waals surface area contributed by atoms with Crippen LogP contribution in [0.3, 0.4) is 0 Å². The van der Waals surface area contributed by atoms with Gasteiger partial charge >= 0.3 is 0 Å². The first-order chi connectivity index (χ1) is 10.2. The van der Waals surface area contributed by atoms with Crippen LogP contribution in [0.15, 0.2) is 24.3 Å². The van der Waals surface area contributed by atoms with Crippen molar-refractivity contribution in [2.45, 2.75) is 13.3 Å². The molecule has 5 nitrogen and oxygen atoms in total. The Labute approximate surface area is 126 Å². The van der Waals surface area contributed by atoms with E-state index in [-0.39, 0.29) is 12.5 Å².